The fourth-order valence-electron chi connectivity index (χ4n) is 2.70. The Morgan fingerprint density at radius 2 is 1.96 bits per heavy atom. The molecule has 0 fully saturated rings. The number of hydrogen-bond acceptors (Lipinski definition) is 6. The molecule has 0 spiro atoms. The topological polar surface area (TPSA) is 97.8 Å². The fraction of sp³-hybridized carbons (Fsp3) is 0.421. The number of carbonyl (C=O) groups excluding carboxylic acids is 1. The molecule has 2 aromatic rings. The standard InChI is InChI=1S/C19H24N2O5S/c1-5-6-16-20-11(2)18(27-16)19(24)21-13(10-17(22)23)12-7-8-14(25-3)15(9-12)26-4/h7-9,13H,5-6,10H2,1-4H3,(H,21,24)(H,22,23). The Morgan fingerprint density at radius 3 is 2.56 bits per heavy atom. The molecule has 7 nitrogen and oxygen atoms in total. The molecule has 1 aromatic heterocycles. The molecule has 1 atom stereocenters. The molecule has 8 heteroatoms. The second kappa shape index (κ2) is 9.36. The van der Waals surface area contributed by atoms with E-state index in [2.05, 4.69) is 17.2 Å². The lowest BCUT2D eigenvalue weighted by molar-refractivity contribution is -0.137. The summed E-state index contributed by atoms with van der Waals surface area (Å²) in [5.74, 6) is -0.334. The average molecular weight is 392 g/mol. The molecule has 1 unspecified atom stereocenters. The fourth-order valence-corrected chi connectivity index (χ4v) is 3.77. The van der Waals surface area contributed by atoms with Gasteiger partial charge in [0.1, 0.15) is 4.88 Å². The van der Waals surface area contributed by atoms with Crippen molar-refractivity contribution in [1.82, 2.24) is 10.3 Å². The molecule has 0 bridgehead atoms. The number of rotatable bonds is 9. The van der Waals surface area contributed by atoms with Gasteiger partial charge in [0.15, 0.2) is 11.5 Å². The SMILES string of the molecule is CCCc1nc(C)c(C(=O)NC(CC(=O)O)c2ccc(OC)c(OC)c2)s1. The Hall–Kier alpha value is -2.61. The van der Waals surface area contributed by atoms with Gasteiger partial charge in [-0.2, -0.15) is 0 Å². The Bertz CT molecular complexity index is 818. The van der Waals surface area contributed by atoms with E-state index in [1.807, 2.05) is 0 Å². The van der Waals surface area contributed by atoms with Gasteiger partial charge in [0.25, 0.3) is 5.91 Å². The number of methoxy groups -OCH3 is 2. The van der Waals surface area contributed by atoms with Crippen molar-refractivity contribution in [2.75, 3.05) is 14.2 Å². The van der Waals surface area contributed by atoms with Crippen molar-refractivity contribution in [1.29, 1.82) is 0 Å². The van der Waals surface area contributed by atoms with E-state index in [1.165, 1.54) is 25.6 Å². The molecule has 1 aromatic carbocycles. The van der Waals surface area contributed by atoms with Gasteiger partial charge in [-0.05, 0) is 37.5 Å². The highest BCUT2D eigenvalue weighted by molar-refractivity contribution is 7.13. The van der Waals surface area contributed by atoms with Crippen LogP contribution >= 0.6 is 11.3 Å². The van der Waals surface area contributed by atoms with Crippen molar-refractivity contribution >= 4 is 23.2 Å². The molecule has 0 saturated carbocycles. The first-order valence-electron chi connectivity index (χ1n) is 8.60. The molecule has 0 aliphatic carbocycles. The van der Waals surface area contributed by atoms with Crippen LogP contribution in [-0.2, 0) is 11.2 Å². The Balaban J connectivity index is 2.29. The van der Waals surface area contributed by atoms with Crippen molar-refractivity contribution < 1.29 is 24.2 Å². The molecular formula is C19H24N2O5S. The van der Waals surface area contributed by atoms with Gasteiger partial charge in [-0.3, -0.25) is 9.59 Å². The Labute approximate surface area is 162 Å². The maximum Gasteiger partial charge on any atom is 0.305 e. The maximum atomic E-state index is 12.7. The number of benzene rings is 1. The Morgan fingerprint density at radius 1 is 1.26 bits per heavy atom. The predicted molar refractivity (Wildman–Crippen MR) is 103 cm³/mol. The summed E-state index contributed by atoms with van der Waals surface area (Å²) in [6.07, 6.45) is 1.51. The summed E-state index contributed by atoms with van der Waals surface area (Å²) >= 11 is 1.35. The van der Waals surface area contributed by atoms with Gasteiger partial charge in [-0.25, -0.2) is 4.98 Å². The van der Waals surface area contributed by atoms with Gasteiger partial charge < -0.3 is 19.9 Å². The number of aryl methyl sites for hydroxylation is 2. The van der Waals surface area contributed by atoms with E-state index >= 15 is 0 Å². The van der Waals surface area contributed by atoms with Crippen LogP contribution in [0.2, 0.25) is 0 Å². The average Bonchev–Trinajstić information content (AvgIpc) is 3.00. The molecular weight excluding hydrogens is 368 g/mol. The number of carboxylic acids is 1. The van der Waals surface area contributed by atoms with Crippen LogP contribution in [0.1, 0.15) is 51.7 Å². The van der Waals surface area contributed by atoms with Crippen LogP contribution in [0.4, 0.5) is 0 Å². The maximum absolute atomic E-state index is 12.7. The summed E-state index contributed by atoms with van der Waals surface area (Å²) in [4.78, 5) is 29.0. The smallest absolute Gasteiger partial charge is 0.305 e. The number of thiazole rings is 1. The molecule has 146 valence electrons. The predicted octanol–water partition coefficient (Wildman–Crippen LogP) is 3.37. The molecule has 1 heterocycles. The molecule has 0 saturated heterocycles. The quantitative estimate of drug-likeness (QED) is 0.679. The largest absolute Gasteiger partial charge is 0.493 e. The second-order valence-corrected chi connectivity index (χ2v) is 7.09. The zero-order chi connectivity index (χ0) is 20.0. The monoisotopic (exact) mass is 392 g/mol. The number of nitrogens with one attached hydrogen (secondary N) is 1. The first-order chi connectivity index (χ1) is 12.9. The van der Waals surface area contributed by atoms with Crippen LogP contribution < -0.4 is 14.8 Å². The number of carboxylic acid groups (broad SMARTS) is 1. The van der Waals surface area contributed by atoms with Crippen LogP contribution in [-0.4, -0.2) is 36.2 Å². The molecule has 27 heavy (non-hydrogen) atoms. The van der Waals surface area contributed by atoms with E-state index in [4.69, 9.17) is 9.47 Å². The van der Waals surface area contributed by atoms with Gasteiger partial charge in [0, 0.05) is 0 Å². The van der Waals surface area contributed by atoms with Crippen molar-refractivity contribution in [2.45, 2.75) is 39.2 Å². The van der Waals surface area contributed by atoms with Crippen LogP contribution in [0.15, 0.2) is 18.2 Å². The summed E-state index contributed by atoms with van der Waals surface area (Å²) in [6.45, 7) is 3.84. The van der Waals surface area contributed by atoms with Gasteiger partial charge >= 0.3 is 5.97 Å². The zero-order valence-corrected chi connectivity index (χ0v) is 16.7. The second-order valence-electron chi connectivity index (χ2n) is 6.01. The highest BCUT2D eigenvalue weighted by Crippen LogP contribution is 2.31. The number of amides is 1. The lowest BCUT2D eigenvalue weighted by atomic mass is 10.0. The minimum absolute atomic E-state index is 0.249. The third-order valence-corrected chi connectivity index (χ3v) is 5.22. The molecule has 1 amide bonds. The number of ether oxygens (including phenoxy) is 2. The summed E-state index contributed by atoms with van der Waals surface area (Å²) in [5, 5.41) is 13.0. The highest BCUT2D eigenvalue weighted by atomic mass is 32.1. The van der Waals surface area contributed by atoms with Gasteiger partial charge in [0.2, 0.25) is 0 Å². The van der Waals surface area contributed by atoms with Crippen LogP contribution in [0.3, 0.4) is 0 Å². The zero-order valence-electron chi connectivity index (χ0n) is 15.9. The van der Waals surface area contributed by atoms with E-state index in [0.717, 1.165) is 17.8 Å². The number of aromatic nitrogens is 1. The van der Waals surface area contributed by atoms with E-state index in [0.29, 0.717) is 27.6 Å². The molecule has 2 N–H and O–H groups in total. The van der Waals surface area contributed by atoms with E-state index in [9.17, 15) is 14.7 Å². The minimum atomic E-state index is -1.01. The van der Waals surface area contributed by atoms with Crippen LogP contribution in [0.5, 0.6) is 11.5 Å². The normalized spacial score (nSPS) is 11.7. The van der Waals surface area contributed by atoms with E-state index in [-0.39, 0.29) is 12.3 Å². The van der Waals surface area contributed by atoms with Crippen molar-refractivity contribution in [3.05, 3.63) is 39.3 Å². The summed E-state index contributed by atoms with van der Waals surface area (Å²) in [5.41, 5.74) is 1.28. The van der Waals surface area contributed by atoms with Crippen molar-refractivity contribution in [3.63, 3.8) is 0 Å². The summed E-state index contributed by atoms with van der Waals surface area (Å²) < 4.78 is 10.5. The van der Waals surface area contributed by atoms with Crippen molar-refractivity contribution in [2.24, 2.45) is 0 Å². The van der Waals surface area contributed by atoms with E-state index in [1.54, 1.807) is 25.1 Å². The first kappa shape index (κ1) is 20.7. The van der Waals surface area contributed by atoms with Crippen LogP contribution in [0.25, 0.3) is 0 Å². The van der Waals surface area contributed by atoms with Gasteiger partial charge in [0.05, 0.1) is 37.4 Å². The molecule has 0 radical (unpaired) electrons. The van der Waals surface area contributed by atoms with Crippen LogP contribution in [0, 0.1) is 6.92 Å². The van der Waals surface area contributed by atoms with Crippen molar-refractivity contribution in [3.8, 4) is 11.5 Å². The third-order valence-electron chi connectivity index (χ3n) is 4.01. The number of hydrogen-bond donors (Lipinski definition) is 2. The summed E-state index contributed by atoms with van der Waals surface area (Å²) in [6, 6.07) is 4.38. The number of carbonyl (C=O) groups is 2. The molecule has 2 rings (SSSR count). The molecule has 0 aliphatic heterocycles. The third kappa shape index (κ3) is 5.19. The molecule has 0 aliphatic rings. The number of aliphatic carboxylic acids is 1. The minimum Gasteiger partial charge on any atom is -0.493 e. The lowest BCUT2D eigenvalue weighted by Crippen LogP contribution is -2.30. The highest BCUT2D eigenvalue weighted by Gasteiger charge is 2.23. The summed E-state index contributed by atoms with van der Waals surface area (Å²) in [7, 11) is 3.02. The Kier molecular flexibility index (Phi) is 7.18. The number of nitrogens with zero attached hydrogens (tertiary/aromatic N) is 1. The lowest BCUT2D eigenvalue weighted by Gasteiger charge is -2.19. The van der Waals surface area contributed by atoms with E-state index < -0.39 is 12.0 Å². The van der Waals surface area contributed by atoms with Gasteiger partial charge in [-0.15, -0.1) is 11.3 Å². The van der Waals surface area contributed by atoms with Gasteiger partial charge in [-0.1, -0.05) is 13.0 Å². The first-order valence-corrected chi connectivity index (χ1v) is 9.42.